The SMILES string of the molecule is CC1=C[C@@H]2N(c3ccccc31)[C@@H](C(=O)c1ccc([N+](=O)[O-])cc1)[C@@H](C(=O)c1cccnc1)[C@@]21C(=O)Nc2ccccc21. The van der Waals surface area contributed by atoms with Crippen molar-refractivity contribution >= 4 is 40.1 Å². The topological polar surface area (TPSA) is 123 Å². The number of nitro benzene ring substituents is 1. The molecule has 0 aliphatic carbocycles. The Morgan fingerprint density at radius 2 is 1.67 bits per heavy atom. The first-order valence-corrected chi connectivity index (χ1v) is 13.5. The molecule has 1 amide bonds. The van der Waals surface area contributed by atoms with E-state index in [9.17, 15) is 24.5 Å². The first-order valence-electron chi connectivity index (χ1n) is 13.5. The lowest BCUT2D eigenvalue weighted by atomic mass is 9.64. The second-order valence-electron chi connectivity index (χ2n) is 10.8. The summed E-state index contributed by atoms with van der Waals surface area (Å²) in [5.74, 6) is -2.29. The van der Waals surface area contributed by atoms with Gasteiger partial charge in [0.05, 0.1) is 16.9 Å². The number of benzene rings is 3. The average Bonchev–Trinajstić information content (AvgIpc) is 3.49. The molecule has 9 nitrogen and oxygen atoms in total. The minimum absolute atomic E-state index is 0.152. The first-order chi connectivity index (χ1) is 20.3. The van der Waals surface area contributed by atoms with Gasteiger partial charge in [0.15, 0.2) is 11.6 Å². The molecular formula is C33H24N4O5. The highest BCUT2D eigenvalue weighted by atomic mass is 16.6. The number of hydrogen-bond donors (Lipinski definition) is 1. The summed E-state index contributed by atoms with van der Waals surface area (Å²) in [6, 6.07) is 21.8. The van der Waals surface area contributed by atoms with Crippen LogP contribution in [0.2, 0.25) is 0 Å². The van der Waals surface area contributed by atoms with E-state index in [0.29, 0.717) is 11.3 Å². The normalized spacial score (nSPS) is 23.5. The highest BCUT2D eigenvalue weighted by Crippen LogP contribution is 2.58. The van der Waals surface area contributed by atoms with Crippen LogP contribution in [-0.2, 0) is 10.2 Å². The van der Waals surface area contributed by atoms with Crippen LogP contribution >= 0.6 is 0 Å². The van der Waals surface area contributed by atoms with Gasteiger partial charge >= 0.3 is 0 Å². The number of ketones is 2. The van der Waals surface area contributed by atoms with Crippen LogP contribution in [0.25, 0.3) is 5.57 Å². The fraction of sp³-hybridized carbons (Fsp3) is 0.152. The molecule has 42 heavy (non-hydrogen) atoms. The second-order valence-corrected chi connectivity index (χ2v) is 10.8. The molecule has 0 radical (unpaired) electrons. The van der Waals surface area contributed by atoms with E-state index in [1.165, 1.54) is 30.5 Å². The summed E-state index contributed by atoms with van der Waals surface area (Å²) in [4.78, 5) is 60.6. The average molecular weight is 557 g/mol. The largest absolute Gasteiger partial charge is 0.352 e. The number of fused-ring (bicyclic) bond motifs is 6. The van der Waals surface area contributed by atoms with Crippen molar-refractivity contribution in [1.29, 1.82) is 0 Å². The predicted octanol–water partition coefficient (Wildman–Crippen LogP) is 5.24. The minimum Gasteiger partial charge on any atom is -0.352 e. The molecule has 4 heterocycles. The molecule has 1 saturated heterocycles. The second kappa shape index (κ2) is 9.31. The van der Waals surface area contributed by atoms with Gasteiger partial charge in [-0.1, -0.05) is 42.5 Å². The van der Waals surface area contributed by atoms with Crippen molar-refractivity contribution in [3.05, 3.63) is 136 Å². The standard InChI is InChI=1S/C33H24N4O5/c1-19-17-27-33(24-9-3-4-10-25(24)35-32(33)40)28(30(38)21-7-6-16-34-18-21)29(36(27)26-11-5-2-8-23(19)26)31(39)20-12-14-22(15-13-20)37(41)42/h2-18,27-29H,1H3,(H,35,40)/t27-,28-,29+,33-/m0/s1. The minimum atomic E-state index is -1.45. The Labute approximate surface area is 240 Å². The number of para-hydroxylation sites is 2. The molecule has 9 heteroatoms. The highest BCUT2D eigenvalue weighted by Gasteiger charge is 2.70. The van der Waals surface area contributed by atoms with E-state index in [2.05, 4.69) is 10.3 Å². The van der Waals surface area contributed by atoms with E-state index in [-0.39, 0.29) is 28.5 Å². The van der Waals surface area contributed by atoms with Crippen molar-refractivity contribution in [2.75, 3.05) is 10.2 Å². The van der Waals surface area contributed by atoms with Gasteiger partial charge in [-0.05, 0) is 54.5 Å². The Kier molecular flexibility index (Phi) is 5.65. The molecule has 1 aromatic heterocycles. The van der Waals surface area contributed by atoms with Crippen LogP contribution in [0.4, 0.5) is 17.1 Å². The van der Waals surface area contributed by atoms with Gasteiger partial charge in [0.25, 0.3) is 5.69 Å². The maximum Gasteiger partial charge on any atom is 0.269 e. The molecule has 4 atom stereocenters. The molecule has 4 aromatic rings. The Hall–Kier alpha value is -5.44. The van der Waals surface area contributed by atoms with Crippen LogP contribution in [0.1, 0.15) is 38.8 Å². The molecule has 3 aromatic carbocycles. The number of carbonyl (C=O) groups excluding carboxylic acids is 3. The predicted molar refractivity (Wildman–Crippen MR) is 156 cm³/mol. The zero-order chi connectivity index (χ0) is 29.2. The zero-order valence-corrected chi connectivity index (χ0v) is 22.4. The van der Waals surface area contributed by atoms with E-state index in [0.717, 1.165) is 16.8 Å². The van der Waals surface area contributed by atoms with Crippen molar-refractivity contribution in [2.24, 2.45) is 5.92 Å². The van der Waals surface area contributed by atoms with Crippen LogP contribution in [0.5, 0.6) is 0 Å². The number of hydrogen-bond acceptors (Lipinski definition) is 7. The van der Waals surface area contributed by atoms with Crippen molar-refractivity contribution in [3.63, 3.8) is 0 Å². The summed E-state index contributed by atoms with van der Waals surface area (Å²) in [5, 5.41) is 14.3. The molecule has 0 saturated carbocycles. The third-order valence-electron chi connectivity index (χ3n) is 8.74. The fourth-order valence-electron chi connectivity index (χ4n) is 6.99. The van der Waals surface area contributed by atoms with Gasteiger partial charge in [0, 0.05) is 52.6 Å². The molecule has 0 unspecified atom stereocenters. The van der Waals surface area contributed by atoms with Gasteiger partial charge in [0.2, 0.25) is 5.91 Å². The monoisotopic (exact) mass is 556 g/mol. The van der Waals surface area contributed by atoms with Gasteiger partial charge in [-0.2, -0.15) is 0 Å². The maximum absolute atomic E-state index is 14.7. The Morgan fingerprint density at radius 1 is 0.929 bits per heavy atom. The Balaban J connectivity index is 1.53. The summed E-state index contributed by atoms with van der Waals surface area (Å²) in [6.45, 7) is 1.96. The molecule has 3 aliphatic rings. The third kappa shape index (κ3) is 3.43. The van der Waals surface area contributed by atoms with Gasteiger partial charge in [0.1, 0.15) is 11.5 Å². The Bertz CT molecular complexity index is 1830. The number of Topliss-reactive ketones (excluding diaryl/α,β-unsaturated/α-hetero) is 2. The number of nitrogens with one attached hydrogen (secondary N) is 1. The number of carbonyl (C=O) groups is 3. The summed E-state index contributed by atoms with van der Waals surface area (Å²) in [6.07, 6.45) is 5.00. The van der Waals surface area contributed by atoms with Crippen molar-refractivity contribution in [3.8, 4) is 0 Å². The highest BCUT2D eigenvalue weighted by molar-refractivity contribution is 6.18. The summed E-state index contributed by atoms with van der Waals surface area (Å²) < 4.78 is 0. The van der Waals surface area contributed by atoms with Gasteiger partial charge in [-0.25, -0.2) is 0 Å². The molecule has 1 spiro atoms. The number of aromatic nitrogens is 1. The maximum atomic E-state index is 14.7. The number of nitro groups is 1. The van der Waals surface area contributed by atoms with Crippen LogP contribution in [-0.4, -0.2) is 39.5 Å². The van der Waals surface area contributed by atoms with Crippen LogP contribution in [0.15, 0.2) is 103 Å². The number of nitrogens with zero attached hydrogens (tertiary/aromatic N) is 3. The Morgan fingerprint density at radius 3 is 2.40 bits per heavy atom. The number of anilines is 2. The molecule has 1 N–H and O–H groups in total. The molecule has 7 rings (SSSR count). The number of allylic oxidation sites excluding steroid dienone is 1. The third-order valence-corrected chi connectivity index (χ3v) is 8.74. The van der Waals surface area contributed by atoms with Crippen LogP contribution in [0.3, 0.4) is 0 Å². The fourth-order valence-corrected chi connectivity index (χ4v) is 6.99. The summed E-state index contributed by atoms with van der Waals surface area (Å²) >= 11 is 0. The van der Waals surface area contributed by atoms with E-state index in [4.69, 9.17) is 0 Å². The van der Waals surface area contributed by atoms with E-state index < -0.39 is 34.1 Å². The smallest absolute Gasteiger partial charge is 0.269 e. The first kappa shape index (κ1) is 25.5. The molecule has 0 bridgehead atoms. The lowest BCUT2D eigenvalue weighted by molar-refractivity contribution is -0.384. The van der Waals surface area contributed by atoms with Gasteiger partial charge in [-0.15, -0.1) is 0 Å². The summed E-state index contributed by atoms with van der Waals surface area (Å²) in [7, 11) is 0. The van der Waals surface area contributed by atoms with E-state index in [1.807, 2.05) is 60.4 Å². The van der Waals surface area contributed by atoms with Gasteiger partial charge < -0.3 is 10.2 Å². The van der Waals surface area contributed by atoms with E-state index >= 15 is 0 Å². The summed E-state index contributed by atoms with van der Waals surface area (Å²) in [5.41, 5.74) is 2.71. The molecule has 1 fully saturated rings. The zero-order valence-electron chi connectivity index (χ0n) is 22.4. The number of pyridine rings is 1. The lowest BCUT2D eigenvalue weighted by Crippen LogP contribution is -2.51. The van der Waals surface area contributed by atoms with Crippen molar-refractivity contribution in [1.82, 2.24) is 4.98 Å². The molecular weight excluding hydrogens is 532 g/mol. The van der Waals surface area contributed by atoms with Crippen molar-refractivity contribution in [2.45, 2.75) is 24.4 Å². The van der Waals surface area contributed by atoms with Gasteiger partial charge in [-0.3, -0.25) is 29.5 Å². The van der Waals surface area contributed by atoms with Crippen LogP contribution < -0.4 is 10.2 Å². The van der Waals surface area contributed by atoms with Crippen molar-refractivity contribution < 1.29 is 19.3 Å². The number of rotatable bonds is 5. The van der Waals surface area contributed by atoms with Crippen LogP contribution in [0, 0.1) is 16.0 Å². The number of amides is 1. The lowest BCUT2D eigenvalue weighted by Gasteiger charge is -2.39. The quantitative estimate of drug-likeness (QED) is 0.203. The molecule has 3 aliphatic heterocycles. The molecule has 206 valence electrons. The van der Waals surface area contributed by atoms with E-state index in [1.54, 1.807) is 24.4 Å². The number of non-ortho nitro benzene ring substituents is 1.